The number of esters is 2. The van der Waals surface area contributed by atoms with Crippen LogP contribution in [0.25, 0.3) is 11.0 Å². The van der Waals surface area contributed by atoms with E-state index in [1.165, 1.54) is 14.2 Å². The van der Waals surface area contributed by atoms with E-state index < -0.39 is 0 Å². The molecule has 0 radical (unpaired) electrons. The zero-order valence-electron chi connectivity index (χ0n) is 24.6. The summed E-state index contributed by atoms with van der Waals surface area (Å²) in [6.07, 6.45) is 7.22. The fourth-order valence-electron chi connectivity index (χ4n) is 4.54. The lowest BCUT2D eigenvalue weighted by atomic mass is 10.1. The Morgan fingerprint density at radius 2 is 1.50 bits per heavy atom. The molecule has 0 bridgehead atoms. The Morgan fingerprint density at radius 3 is 2.11 bits per heavy atom. The third-order valence-electron chi connectivity index (χ3n) is 6.90. The van der Waals surface area contributed by atoms with Gasteiger partial charge in [0, 0.05) is 25.5 Å². The van der Waals surface area contributed by atoms with Gasteiger partial charge in [-0.25, -0.2) is 24.5 Å². The number of carbonyl (C=O) groups excluding carboxylic acids is 2. The minimum atomic E-state index is -0.383. The molecule has 0 unspecified atom stereocenters. The molecule has 13 heteroatoms. The van der Waals surface area contributed by atoms with Crippen molar-refractivity contribution in [2.24, 2.45) is 0 Å². The number of fused-ring (bicyclic) bond motifs is 1. The van der Waals surface area contributed by atoms with Crippen molar-refractivity contribution in [2.45, 2.75) is 53.3 Å². The second-order valence-corrected chi connectivity index (χ2v) is 9.70. The molecule has 44 heavy (non-hydrogen) atoms. The number of nitrogens with one attached hydrogen (secondary N) is 1. The molecular formula is C31H39ClN8O4. The van der Waals surface area contributed by atoms with Gasteiger partial charge in [0.2, 0.25) is 0 Å². The van der Waals surface area contributed by atoms with Crippen molar-refractivity contribution in [3.05, 3.63) is 89.8 Å². The molecule has 0 saturated carbocycles. The molecule has 234 valence electrons. The SMILES string of the molecule is C.CCn1cncc1CNc1cc(C(=O)OC)ccc1N.CCn1cncc1Cn1c(CCl)nc2ccc(C(=O)OC)cc21. The second kappa shape index (κ2) is 15.6. The van der Waals surface area contributed by atoms with E-state index >= 15 is 0 Å². The summed E-state index contributed by atoms with van der Waals surface area (Å²) in [6.45, 7) is 6.99. The number of benzene rings is 2. The molecule has 0 atom stereocenters. The molecule has 2 aromatic carbocycles. The highest BCUT2D eigenvalue weighted by atomic mass is 35.5. The Morgan fingerprint density at radius 1 is 0.909 bits per heavy atom. The predicted octanol–water partition coefficient (Wildman–Crippen LogP) is 5.35. The smallest absolute Gasteiger partial charge is 0.337 e. The topological polar surface area (TPSA) is 144 Å². The van der Waals surface area contributed by atoms with Crippen molar-refractivity contribution >= 4 is 45.9 Å². The highest BCUT2D eigenvalue weighted by Crippen LogP contribution is 2.23. The Balaban J connectivity index is 0.000000238. The largest absolute Gasteiger partial charge is 0.465 e. The van der Waals surface area contributed by atoms with Gasteiger partial charge in [0.05, 0.1) is 90.8 Å². The van der Waals surface area contributed by atoms with Crippen molar-refractivity contribution in [3.63, 3.8) is 0 Å². The van der Waals surface area contributed by atoms with E-state index in [9.17, 15) is 9.59 Å². The second-order valence-electron chi connectivity index (χ2n) is 9.43. The number of nitrogens with zero attached hydrogens (tertiary/aromatic N) is 6. The third kappa shape index (κ3) is 7.56. The quantitative estimate of drug-likeness (QED) is 0.120. The van der Waals surface area contributed by atoms with Crippen molar-refractivity contribution in [1.82, 2.24) is 28.7 Å². The number of methoxy groups -OCH3 is 2. The molecule has 0 aliphatic heterocycles. The van der Waals surface area contributed by atoms with Gasteiger partial charge in [-0.1, -0.05) is 7.43 Å². The van der Waals surface area contributed by atoms with Crippen LogP contribution in [0.5, 0.6) is 0 Å². The molecular weight excluding hydrogens is 584 g/mol. The number of aromatic nitrogens is 6. The summed E-state index contributed by atoms with van der Waals surface area (Å²) in [6, 6.07) is 10.3. The maximum Gasteiger partial charge on any atom is 0.337 e. The molecule has 3 N–H and O–H groups in total. The molecule has 0 fully saturated rings. The van der Waals surface area contributed by atoms with Crippen LogP contribution in [0.3, 0.4) is 0 Å². The first-order valence-corrected chi connectivity index (χ1v) is 14.2. The molecule has 0 saturated heterocycles. The Labute approximate surface area is 261 Å². The molecule has 3 heterocycles. The van der Waals surface area contributed by atoms with E-state index in [4.69, 9.17) is 26.8 Å². The minimum absolute atomic E-state index is 0. The molecule has 3 aromatic heterocycles. The van der Waals surface area contributed by atoms with Gasteiger partial charge >= 0.3 is 11.9 Å². The van der Waals surface area contributed by atoms with Crippen LogP contribution in [0.2, 0.25) is 0 Å². The molecule has 12 nitrogen and oxygen atoms in total. The Kier molecular flexibility index (Phi) is 11.9. The summed E-state index contributed by atoms with van der Waals surface area (Å²) in [5, 5.41) is 3.22. The zero-order valence-corrected chi connectivity index (χ0v) is 25.3. The first-order valence-electron chi connectivity index (χ1n) is 13.7. The summed E-state index contributed by atoms with van der Waals surface area (Å²) in [4.78, 5) is 36.1. The first kappa shape index (κ1) is 33.7. The zero-order chi connectivity index (χ0) is 30.9. The van der Waals surface area contributed by atoms with Gasteiger partial charge in [-0.2, -0.15) is 0 Å². The van der Waals surface area contributed by atoms with Crippen molar-refractivity contribution in [1.29, 1.82) is 0 Å². The number of hydrogen-bond acceptors (Lipinski definition) is 9. The molecule has 0 aliphatic carbocycles. The van der Waals surface area contributed by atoms with Gasteiger partial charge in [-0.15, -0.1) is 11.6 Å². The van der Waals surface area contributed by atoms with E-state index in [0.717, 1.165) is 41.3 Å². The van der Waals surface area contributed by atoms with Crippen molar-refractivity contribution < 1.29 is 19.1 Å². The highest BCUT2D eigenvalue weighted by molar-refractivity contribution is 6.16. The van der Waals surface area contributed by atoms with E-state index in [1.807, 2.05) is 21.4 Å². The summed E-state index contributed by atoms with van der Waals surface area (Å²) in [7, 11) is 2.72. The van der Waals surface area contributed by atoms with E-state index in [0.29, 0.717) is 41.5 Å². The number of aryl methyl sites for hydroxylation is 2. The first-order chi connectivity index (χ1) is 20.8. The van der Waals surface area contributed by atoms with Gasteiger partial charge in [0.25, 0.3) is 0 Å². The third-order valence-corrected chi connectivity index (χ3v) is 7.14. The van der Waals surface area contributed by atoms with Crippen LogP contribution in [-0.4, -0.2) is 54.8 Å². The lowest BCUT2D eigenvalue weighted by Gasteiger charge is -2.11. The molecule has 5 rings (SSSR count). The number of rotatable bonds is 10. The predicted molar refractivity (Wildman–Crippen MR) is 172 cm³/mol. The van der Waals surface area contributed by atoms with Crippen LogP contribution in [0.15, 0.2) is 61.4 Å². The number of hydrogen-bond donors (Lipinski definition) is 2. The van der Waals surface area contributed by atoms with Crippen LogP contribution in [0.4, 0.5) is 11.4 Å². The fourth-order valence-corrected chi connectivity index (χ4v) is 4.75. The highest BCUT2D eigenvalue weighted by Gasteiger charge is 2.15. The number of imidazole rings is 3. The van der Waals surface area contributed by atoms with E-state index in [2.05, 4.69) is 38.7 Å². The van der Waals surface area contributed by atoms with Crippen LogP contribution in [-0.2, 0) is 41.5 Å². The van der Waals surface area contributed by atoms with Crippen molar-refractivity contribution in [2.75, 3.05) is 25.3 Å². The van der Waals surface area contributed by atoms with Gasteiger partial charge in [0.15, 0.2) is 0 Å². The monoisotopic (exact) mass is 622 g/mol. The molecule has 0 amide bonds. The van der Waals surface area contributed by atoms with Gasteiger partial charge < -0.3 is 34.2 Å². The van der Waals surface area contributed by atoms with E-state index in [1.54, 1.807) is 49.2 Å². The Bertz CT molecular complexity index is 1710. The standard InChI is InChI=1S/C16H17ClN4O2.C14H18N4O2.CH4/c1-3-20-10-18-8-12(20)9-21-14-6-11(16(22)23-2)4-5-13(14)19-15(21)7-17;1-3-18-9-16-7-11(18)8-17-13-6-10(14(19)20-2)4-5-12(13)15;/h4-6,8,10H,3,7,9H2,1-2H3;4-7,9,17H,3,8,15H2,1-2H3;1H4. The number of halogens is 1. The number of nitrogen functional groups attached to an aromatic ring is 1. The fraction of sp³-hybridized carbons (Fsp3) is 0.323. The normalized spacial score (nSPS) is 10.5. The van der Waals surface area contributed by atoms with E-state index in [-0.39, 0.29) is 19.4 Å². The number of nitrogens with two attached hydrogens (primary N) is 1. The number of ether oxygens (including phenoxy) is 2. The maximum atomic E-state index is 11.8. The number of alkyl halides is 1. The molecule has 0 spiro atoms. The number of anilines is 2. The summed E-state index contributed by atoms with van der Waals surface area (Å²) >= 11 is 6.05. The summed E-state index contributed by atoms with van der Waals surface area (Å²) in [5.74, 6) is 0.299. The maximum absolute atomic E-state index is 11.8. The van der Waals surface area contributed by atoms with Crippen LogP contribution in [0, 0.1) is 0 Å². The number of carbonyl (C=O) groups is 2. The molecule has 0 aliphatic rings. The van der Waals surface area contributed by atoms with Crippen LogP contribution >= 0.6 is 11.6 Å². The van der Waals surface area contributed by atoms with Crippen molar-refractivity contribution in [3.8, 4) is 0 Å². The van der Waals surface area contributed by atoms with Gasteiger partial charge in [0.1, 0.15) is 5.82 Å². The minimum Gasteiger partial charge on any atom is -0.465 e. The Hall–Kier alpha value is -4.84. The summed E-state index contributed by atoms with van der Waals surface area (Å²) < 4.78 is 15.6. The molecule has 5 aromatic rings. The van der Waals surface area contributed by atoms with Gasteiger partial charge in [-0.05, 0) is 50.2 Å². The lowest BCUT2D eigenvalue weighted by Crippen LogP contribution is -2.09. The lowest BCUT2D eigenvalue weighted by molar-refractivity contribution is 0.0592. The van der Waals surface area contributed by atoms with Crippen LogP contribution in [0.1, 0.15) is 59.2 Å². The van der Waals surface area contributed by atoms with Crippen LogP contribution < -0.4 is 11.1 Å². The summed E-state index contributed by atoms with van der Waals surface area (Å²) in [5.41, 5.74) is 11.9. The average Bonchev–Trinajstić information content (AvgIpc) is 3.78. The average molecular weight is 623 g/mol. The van der Waals surface area contributed by atoms with Gasteiger partial charge in [-0.3, -0.25) is 0 Å².